The number of unbranched alkanes of at least 4 members (excludes halogenated alkanes) is 4. The summed E-state index contributed by atoms with van der Waals surface area (Å²) in [5, 5.41) is 0.866. The zero-order chi connectivity index (χ0) is 15.5. The van der Waals surface area contributed by atoms with Gasteiger partial charge in [-0.15, -0.1) is 23.5 Å². The molecule has 0 spiro atoms. The van der Waals surface area contributed by atoms with Gasteiger partial charge in [-0.25, -0.2) is 9.59 Å². The third kappa shape index (κ3) is 6.78. The number of hydrogen-bond donors (Lipinski definition) is 0. The maximum absolute atomic E-state index is 12.1. The van der Waals surface area contributed by atoms with Crippen LogP contribution in [0.15, 0.2) is 9.81 Å². The molecule has 1 rings (SSSR count). The second kappa shape index (κ2) is 11.0. The fourth-order valence-electron chi connectivity index (χ4n) is 1.69. The van der Waals surface area contributed by atoms with Gasteiger partial charge in [-0.2, -0.15) is 0 Å². The Morgan fingerprint density at radius 1 is 0.905 bits per heavy atom. The molecule has 0 aliphatic carbocycles. The number of carbonyl (C=O) groups excluding carboxylic acids is 2. The fraction of sp³-hybridized carbons (Fsp3) is 0.733. The second-order valence-electron chi connectivity index (χ2n) is 4.76. The van der Waals surface area contributed by atoms with Crippen LogP contribution in [0.1, 0.15) is 52.4 Å². The van der Waals surface area contributed by atoms with Crippen LogP contribution < -0.4 is 0 Å². The predicted molar refractivity (Wildman–Crippen MR) is 88.0 cm³/mol. The summed E-state index contributed by atoms with van der Waals surface area (Å²) in [5.41, 5.74) is 0.0873. The maximum atomic E-state index is 12.1. The van der Waals surface area contributed by atoms with Crippen molar-refractivity contribution >= 4 is 35.5 Å². The van der Waals surface area contributed by atoms with Gasteiger partial charge in [-0.3, -0.25) is 0 Å². The van der Waals surface area contributed by atoms with Gasteiger partial charge in [0, 0.05) is 5.08 Å². The van der Waals surface area contributed by atoms with E-state index < -0.39 is 11.9 Å². The van der Waals surface area contributed by atoms with Crippen LogP contribution in [-0.4, -0.2) is 30.2 Å². The Labute approximate surface area is 135 Å². The van der Waals surface area contributed by atoms with Crippen LogP contribution in [0.2, 0.25) is 0 Å². The average molecular weight is 332 g/mol. The summed E-state index contributed by atoms with van der Waals surface area (Å²) < 4.78 is 11.1. The normalized spacial score (nSPS) is 13.5. The molecule has 1 saturated heterocycles. The molecule has 0 radical (unpaired) electrons. The smallest absolute Gasteiger partial charge is 0.347 e. The van der Waals surface area contributed by atoms with Crippen LogP contribution in [-0.2, 0) is 19.1 Å². The van der Waals surface area contributed by atoms with Gasteiger partial charge in [0.1, 0.15) is 0 Å². The van der Waals surface area contributed by atoms with Crippen LogP contribution in [0, 0.1) is 0 Å². The zero-order valence-electron chi connectivity index (χ0n) is 12.8. The monoisotopic (exact) mass is 332 g/mol. The topological polar surface area (TPSA) is 52.6 Å². The van der Waals surface area contributed by atoms with Crippen molar-refractivity contribution in [3.63, 3.8) is 0 Å². The summed E-state index contributed by atoms with van der Waals surface area (Å²) in [6.45, 7) is 4.90. The van der Waals surface area contributed by atoms with E-state index in [0.29, 0.717) is 13.2 Å². The lowest BCUT2D eigenvalue weighted by molar-refractivity contribution is -0.147. The standard InChI is InChI=1S/C15H24O4S2/c1-3-5-7-9-18-13(16)12(15-20-11-21-15)14(17)19-10-8-6-4-2/h3-11H2,1-2H3. The van der Waals surface area contributed by atoms with E-state index in [9.17, 15) is 9.59 Å². The van der Waals surface area contributed by atoms with Gasteiger partial charge >= 0.3 is 11.9 Å². The molecule has 0 amide bonds. The quantitative estimate of drug-likeness (QED) is 0.197. The summed E-state index contributed by atoms with van der Waals surface area (Å²) in [7, 11) is 0. The highest BCUT2D eigenvalue weighted by atomic mass is 32.3. The van der Waals surface area contributed by atoms with Crippen molar-refractivity contribution in [1.82, 2.24) is 0 Å². The van der Waals surface area contributed by atoms with Gasteiger partial charge < -0.3 is 9.47 Å². The van der Waals surface area contributed by atoms with E-state index in [1.54, 1.807) is 0 Å². The van der Waals surface area contributed by atoms with Crippen molar-refractivity contribution in [2.24, 2.45) is 0 Å². The van der Waals surface area contributed by atoms with Gasteiger partial charge in [-0.05, 0) is 12.8 Å². The summed E-state index contributed by atoms with van der Waals surface area (Å²) in [5.74, 6) is -1.08. The van der Waals surface area contributed by atoms with Gasteiger partial charge in [0.05, 0.1) is 17.5 Å². The Morgan fingerprint density at radius 3 is 1.71 bits per heavy atom. The van der Waals surface area contributed by atoms with Gasteiger partial charge in [-0.1, -0.05) is 39.5 Å². The fourth-order valence-corrected chi connectivity index (χ4v) is 3.26. The largest absolute Gasteiger partial charge is 0.462 e. The molecular weight excluding hydrogens is 308 g/mol. The molecule has 0 atom stereocenters. The van der Waals surface area contributed by atoms with Crippen LogP contribution in [0.4, 0.5) is 0 Å². The first-order valence-corrected chi connectivity index (χ1v) is 9.51. The third-order valence-corrected chi connectivity index (χ3v) is 5.54. The molecule has 21 heavy (non-hydrogen) atoms. The molecule has 0 aromatic heterocycles. The Kier molecular flexibility index (Phi) is 9.67. The van der Waals surface area contributed by atoms with E-state index in [1.165, 1.54) is 23.5 Å². The van der Waals surface area contributed by atoms with Gasteiger partial charge in [0.15, 0.2) is 5.57 Å². The molecule has 4 nitrogen and oxygen atoms in total. The van der Waals surface area contributed by atoms with Gasteiger partial charge in [0.25, 0.3) is 0 Å². The number of ether oxygens (including phenoxy) is 2. The van der Waals surface area contributed by atoms with Crippen LogP contribution in [0.25, 0.3) is 0 Å². The van der Waals surface area contributed by atoms with Crippen molar-refractivity contribution in [2.45, 2.75) is 52.4 Å². The molecule has 0 saturated carbocycles. The Balaban J connectivity index is 2.48. The predicted octanol–water partition coefficient (Wildman–Crippen LogP) is 4.10. The van der Waals surface area contributed by atoms with Crippen molar-refractivity contribution in [3.8, 4) is 0 Å². The van der Waals surface area contributed by atoms with Crippen molar-refractivity contribution in [3.05, 3.63) is 9.81 Å². The second-order valence-corrected chi connectivity index (χ2v) is 7.35. The third-order valence-electron chi connectivity index (χ3n) is 2.95. The van der Waals surface area contributed by atoms with Crippen LogP contribution in [0.5, 0.6) is 0 Å². The van der Waals surface area contributed by atoms with Crippen molar-refractivity contribution < 1.29 is 19.1 Å². The molecule has 1 heterocycles. The number of hydrogen-bond acceptors (Lipinski definition) is 6. The van der Waals surface area contributed by atoms with Crippen molar-refractivity contribution in [1.29, 1.82) is 0 Å². The number of thioether (sulfide) groups is 2. The minimum absolute atomic E-state index is 0.0873. The highest BCUT2D eigenvalue weighted by molar-refractivity contribution is 8.37. The van der Waals surface area contributed by atoms with E-state index in [1.807, 2.05) is 0 Å². The molecule has 0 unspecified atom stereocenters. The highest BCUT2D eigenvalue weighted by Gasteiger charge is 2.30. The zero-order valence-corrected chi connectivity index (χ0v) is 14.4. The van der Waals surface area contributed by atoms with E-state index in [2.05, 4.69) is 13.8 Å². The lowest BCUT2D eigenvalue weighted by atomic mass is 10.2. The minimum Gasteiger partial charge on any atom is -0.462 e. The first-order valence-electron chi connectivity index (χ1n) is 7.54. The average Bonchev–Trinajstić information content (AvgIpc) is 2.43. The first-order chi connectivity index (χ1) is 10.2. The summed E-state index contributed by atoms with van der Waals surface area (Å²) in [6.07, 6.45) is 5.83. The van der Waals surface area contributed by atoms with E-state index in [-0.39, 0.29) is 5.57 Å². The summed E-state index contributed by atoms with van der Waals surface area (Å²) in [6, 6.07) is 0. The molecule has 1 fully saturated rings. The number of carbonyl (C=O) groups is 2. The van der Waals surface area contributed by atoms with Crippen LogP contribution >= 0.6 is 23.5 Å². The Morgan fingerprint density at radius 2 is 1.38 bits per heavy atom. The van der Waals surface area contributed by atoms with Crippen LogP contribution in [0.3, 0.4) is 0 Å². The Hall–Kier alpha value is -0.620. The molecule has 0 aromatic rings. The molecule has 0 bridgehead atoms. The Bertz CT molecular complexity index is 348. The molecule has 120 valence electrons. The molecule has 1 aliphatic heterocycles. The van der Waals surface area contributed by atoms with E-state index in [4.69, 9.17) is 9.47 Å². The maximum Gasteiger partial charge on any atom is 0.347 e. The first kappa shape index (κ1) is 18.4. The minimum atomic E-state index is -0.540. The molecular formula is C15H24O4S2. The van der Waals surface area contributed by atoms with Crippen molar-refractivity contribution in [2.75, 3.05) is 18.3 Å². The summed E-state index contributed by atoms with van der Waals surface area (Å²) >= 11 is 3.00. The molecule has 1 aliphatic rings. The van der Waals surface area contributed by atoms with E-state index >= 15 is 0 Å². The van der Waals surface area contributed by atoms with Gasteiger partial charge in [0.2, 0.25) is 0 Å². The lowest BCUT2D eigenvalue weighted by Gasteiger charge is -2.18. The summed E-state index contributed by atoms with van der Waals surface area (Å²) in [4.78, 5) is 24.1. The number of rotatable bonds is 10. The lowest BCUT2D eigenvalue weighted by Crippen LogP contribution is -2.21. The van der Waals surface area contributed by atoms with E-state index in [0.717, 1.165) is 47.8 Å². The SMILES string of the molecule is CCCCCOC(=O)C(C(=O)OCCCCC)=C1SCS1. The highest BCUT2D eigenvalue weighted by Crippen LogP contribution is 2.45. The molecule has 0 aromatic carbocycles. The number of esters is 2. The molecule has 0 N–H and O–H groups in total. The molecule has 6 heteroatoms.